The van der Waals surface area contributed by atoms with Gasteiger partial charge in [-0.3, -0.25) is 0 Å². The summed E-state index contributed by atoms with van der Waals surface area (Å²) in [6, 6.07) is 5.19. The van der Waals surface area contributed by atoms with Gasteiger partial charge in [-0.15, -0.1) is 0 Å². The molecule has 5 rings (SSSR count). The molecule has 1 atom stereocenters. The minimum Gasteiger partial charge on any atom is -0.380 e. The average molecular weight is 410 g/mol. The number of methoxy groups -OCH3 is 1. The molecule has 0 radical (unpaired) electrons. The van der Waals surface area contributed by atoms with E-state index in [1.54, 1.807) is 28.7 Å². The molecule has 7 nitrogen and oxygen atoms in total. The van der Waals surface area contributed by atoms with E-state index in [0.717, 1.165) is 30.2 Å². The van der Waals surface area contributed by atoms with Crippen molar-refractivity contribution in [1.29, 1.82) is 0 Å². The first-order chi connectivity index (χ1) is 14.6. The highest BCUT2D eigenvalue weighted by molar-refractivity contribution is 5.61. The lowest BCUT2D eigenvalue weighted by Crippen LogP contribution is -2.24. The monoisotopic (exact) mass is 410 g/mol. The van der Waals surface area contributed by atoms with Crippen LogP contribution < -0.4 is 4.90 Å². The molecule has 1 aliphatic rings. The van der Waals surface area contributed by atoms with Crippen LogP contribution in [0.15, 0.2) is 49.1 Å². The van der Waals surface area contributed by atoms with Gasteiger partial charge in [0.15, 0.2) is 5.65 Å². The van der Waals surface area contributed by atoms with Gasteiger partial charge in [0.05, 0.1) is 25.0 Å². The van der Waals surface area contributed by atoms with Crippen LogP contribution in [0.1, 0.15) is 30.0 Å². The number of hydrogen-bond donors (Lipinski definition) is 0. The summed E-state index contributed by atoms with van der Waals surface area (Å²) < 4.78 is 36.7. The third kappa shape index (κ3) is 3.21. The van der Waals surface area contributed by atoms with E-state index in [2.05, 4.69) is 10.2 Å². The highest BCUT2D eigenvalue weighted by atomic mass is 19.1. The number of aromatic nitrogens is 5. The zero-order valence-electron chi connectivity index (χ0n) is 16.4. The summed E-state index contributed by atoms with van der Waals surface area (Å²) in [5.74, 6) is -0.147. The average Bonchev–Trinajstić information content (AvgIpc) is 3.48. The molecular weight excluding hydrogens is 390 g/mol. The Balaban J connectivity index is 1.53. The predicted octanol–water partition coefficient (Wildman–Crippen LogP) is 3.68. The van der Waals surface area contributed by atoms with Crippen LogP contribution in [0.5, 0.6) is 0 Å². The summed E-state index contributed by atoms with van der Waals surface area (Å²) in [5.41, 5.74) is 2.66. The molecule has 4 heterocycles. The van der Waals surface area contributed by atoms with Gasteiger partial charge in [0.25, 0.3) is 0 Å². The number of benzene rings is 1. The number of rotatable bonds is 5. The molecule has 1 saturated heterocycles. The molecule has 1 fully saturated rings. The van der Waals surface area contributed by atoms with Gasteiger partial charge in [0.2, 0.25) is 0 Å². The van der Waals surface area contributed by atoms with Crippen LogP contribution in [-0.4, -0.2) is 38.0 Å². The molecule has 0 unspecified atom stereocenters. The largest absolute Gasteiger partial charge is 0.380 e. The molecule has 1 aromatic carbocycles. The lowest BCUT2D eigenvalue weighted by molar-refractivity contribution is 0.185. The zero-order chi connectivity index (χ0) is 20.7. The van der Waals surface area contributed by atoms with E-state index in [-0.39, 0.29) is 6.04 Å². The van der Waals surface area contributed by atoms with E-state index in [0.29, 0.717) is 30.2 Å². The van der Waals surface area contributed by atoms with Crippen molar-refractivity contribution >= 4 is 11.5 Å². The van der Waals surface area contributed by atoms with Gasteiger partial charge in [-0.25, -0.2) is 23.0 Å². The second-order valence-corrected chi connectivity index (χ2v) is 7.33. The second-order valence-electron chi connectivity index (χ2n) is 7.33. The molecule has 1 aliphatic heterocycles. The summed E-state index contributed by atoms with van der Waals surface area (Å²) >= 11 is 0. The minimum atomic E-state index is -0.440. The minimum absolute atomic E-state index is 0.264. The van der Waals surface area contributed by atoms with E-state index in [1.807, 2.05) is 23.4 Å². The summed E-state index contributed by atoms with van der Waals surface area (Å²) in [7, 11) is 1.63. The van der Waals surface area contributed by atoms with Crippen LogP contribution >= 0.6 is 0 Å². The number of ether oxygens (including phenoxy) is 1. The van der Waals surface area contributed by atoms with Gasteiger partial charge in [0.1, 0.15) is 23.1 Å². The topological polar surface area (TPSA) is 60.5 Å². The Bertz CT molecular complexity index is 1200. The Morgan fingerprint density at radius 2 is 2.07 bits per heavy atom. The molecule has 154 valence electrons. The molecule has 0 N–H and O–H groups in total. The van der Waals surface area contributed by atoms with Crippen LogP contribution in [0, 0.1) is 11.6 Å². The first kappa shape index (κ1) is 18.7. The number of fused-ring (bicyclic) bond motifs is 1. The van der Waals surface area contributed by atoms with Crippen LogP contribution in [-0.2, 0) is 11.3 Å². The fourth-order valence-corrected chi connectivity index (χ4v) is 4.04. The van der Waals surface area contributed by atoms with E-state index in [4.69, 9.17) is 9.72 Å². The van der Waals surface area contributed by atoms with Gasteiger partial charge in [0, 0.05) is 37.2 Å². The highest BCUT2D eigenvalue weighted by Gasteiger charge is 2.30. The molecule has 9 heteroatoms. The number of nitrogens with zero attached hydrogens (tertiary/aromatic N) is 6. The van der Waals surface area contributed by atoms with Crippen molar-refractivity contribution in [1.82, 2.24) is 24.4 Å². The number of halogens is 2. The van der Waals surface area contributed by atoms with E-state index in [1.165, 1.54) is 12.1 Å². The fraction of sp³-hybridized carbons (Fsp3) is 0.286. The first-order valence-corrected chi connectivity index (χ1v) is 9.73. The zero-order valence-corrected chi connectivity index (χ0v) is 16.4. The molecule has 0 spiro atoms. The van der Waals surface area contributed by atoms with Crippen LogP contribution in [0.25, 0.3) is 11.3 Å². The van der Waals surface area contributed by atoms with E-state index in [9.17, 15) is 8.78 Å². The smallest absolute Gasteiger partial charge is 0.183 e. The first-order valence-electron chi connectivity index (χ1n) is 9.73. The van der Waals surface area contributed by atoms with Crippen LogP contribution in [0.2, 0.25) is 0 Å². The summed E-state index contributed by atoms with van der Waals surface area (Å²) in [4.78, 5) is 6.82. The molecule has 0 aliphatic carbocycles. The lowest BCUT2D eigenvalue weighted by atomic mass is 10.0. The number of hydrogen-bond acceptors (Lipinski definition) is 5. The maximum atomic E-state index is 14.4. The van der Waals surface area contributed by atoms with Crippen molar-refractivity contribution in [2.24, 2.45) is 0 Å². The molecule has 3 aromatic heterocycles. The molecule has 0 saturated carbocycles. The maximum Gasteiger partial charge on any atom is 0.183 e. The molecule has 4 aromatic rings. The Morgan fingerprint density at radius 1 is 1.17 bits per heavy atom. The third-order valence-corrected chi connectivity index (χ3v) is 5.39. The fourth-order valence-electron chi connectivity index (χ4n) is 4.04. The van der Waals surface area contributed by atoms with Crippen molar-refractivity contribution in [3.8, 4) is 5.69 Å². The van der Waals surface area contributed by atoms with Gasteiger partial charge in [-0.1, -0.05) is 0 Å². The van der Waals surface area contributed by atoms with Gasteiger partial charge >= 0.3 is 0 Å². The molecule has 30 heavy (non-hydrogen) atoms. The lowest BCUT2D eigenvalue weighted by Gasteiger charge is -2.26. The van der Waals surface area contributed by atoms with E-state index < -0.39 is 11.6 Å². The Kier molecular flexibility index (Phi) is 4.66. The quantitative estimate of drug-likeness (QED) is 0.502. The summed E-state index contributed by atoms with van der Waals surface area (Å²) in [6.07, 6.45) is 8.73. The van der Waals surface area contributed by atoms with Crippen molar-refractivity contribution in [2.45, 2.75) is 25.5 Å². The SMILES string of the molecule is COCc1cnn(-c2cnn3ccc(N4CCC[C@@H]4c4cc(F)ccc4F)nc23)c1. The van der Waals surface area contributed by atoms with Gasteiger partial charge in [-0.2, -0.15) is 10.2 Å². The molecule has 0 bridgehead atoms. The summed E-state index contributed by atoms with van der Waals surface area (Å²) in [5, 5.41) is 8.73. The highest BCUT2D eigenvalue weighted by Crippen LogP contribution is 2.37. The van der Waals surface area contributed by atoms with Crippen molar-refractivity contribution in [2.75, 3.05) is 18.6 Å². The molecular formula is C21H20F2N6O. The van der Waals surface area contributed by atoms with Gasteiger partial charge < -0.3 is 9.64 Å². The van der Waals surface area contributed by atoms with Crippen LogP contribution in [0.4, 0.5) is 14.6 Å². The van der Waals surface area contributed by atoms with Crippen molar-refractivity contribution in [3.63, 3.8) is 0 Å². The second kappa shape index (κ2) is 7.49. The Hall–Kier alpha value is -3.33. The molecule has 0 amide bonds. The third-order valence-electron chi connectivity index (χ3n) is 5.39. The van der Waals surface area contributed by atoms with Crippen molar-refractivity contribution < 1.29 is 13.5 Å². The number of anilines is 1. The van der Waals surface area contributed by atoms with E-state index >= 15 is 0 Å². The maximum absolute atomic E-state index is 14.4. The van der Waals surface area contributed by atoms with Crippen molar-refractivity contribution in [3.05, 3.63) is 71.8 Å². The van der Waals surface area contributed by atoms with Crippen LogP contribution in [0.3, 0.4) is 0 Å². The standard InChI is InChI=1S/C21H20F2N6O/c1-30-13-14-10-24-29(12-14)19-11-25-28-8-6-20(26-21(19)28)27-7-2-3-18(27)16-9-15(22)4-5-17(16)23/h4-6,8-12,18H,2-3,7,13H2,1H3/t18-/m1/s1. The predicted molar refractivity (Wildman–Crippen MR) is 107 cm³/mol. The Morgan fingerprint density at radius 3 is 2.93 bits per heavy atom. The normalized spacial score (nSPS) is 16.6. The van der Waals surface area contributed by atoms with Gasteiger partial charge in [-0.05, 0) is 37.1 Å². The Labute approximate surface area is 171 Å². The summed E-state index contributed by atoms with van der Waals surface area (Å²) in [6.45, 7) is 1.18.